The molecule has 3 aliphatic carbocycles. The second-order valence-electron chi connectivity index (χ2n) is 10.2. The lowest BCUT2D eigenvalue weighted by Crippen LogP contribution is -2.52. The van der Waals surface area contributed by atoms with Crippen LogP contribution in [0.2, 0.25) is 0 Å². The number of esters is 1. The number of hydrogen-bond acceptors (Lipinski definition) is 11. The number of aryl methyl sites for hydroxylation is 1. The van der Waals surface area contributed by atoms with Gasteiger partial charge in [0.1, 0.15) is 11.2 Å². The van der Waals surface area contributed by atoms with E-state index in [9.17, 15) is 9.59 Å². The van der Waals surface area contributed by atoms with Gasteiger partial charge in [-0.05, 0) is 62.8 Å². The Hall–Kier alpha value is -4.13. The summed E-state index contributed by atoms with van der Waals surface area (Å²) in [5.74, 6) is -1.20. The van der Waals surface area contributed by atoms with Crippen LogP contribution >= 0.6 is 11.3 Å². The minimum Gasteiger partial charge on any atom is -0.435 e. The van der Waals surface area contributed by atoms with Crippen molar-refractivity contribution in [1.29, 1.82) is 0 Å². The fourth-order valence-corrected chi connectivity index (χ4v) is 6.64. The monoisotopic (exact) mass is 580 g/mol. The van der Waals surface area contributed by atoms with Gasteiger partial charge in [-0.2, -0.15) is 0 Å². The number of H-pyrrole nitrogens is 1. The highest BCUT2D eigenvalue weighted by molar-refractivity contribution is 7.13. The van der Waals surface area contributed by atoms with E-state index in [1.54, 1.807) is 25.4 Å². The van der Waals surface area contributed by atoms with Crippen LogP contribution in [0, 0.1) is 30.5 Å². The fraction of sp³-hybridized carbons (Fsp3) is 0.429. The maximum absolute atomic E-state index is 16.1. The first-order chi connectivity index (χ1) is 19.9. The molecule has 13 heteroatoms. The number of nitrogens with zero attached hydrogens (tertiary/aromatic N) is 4. The van der Waals surface area contributed by atoms with E-state index in [4.69, 9.17) is 14.2 Å². The van der Waals surface area contributed by atoms with Gasteiger partial charge in [-0.25, -0.2) is 29.1 Å². The Balaban J connectivity index is 1.35. The molecule has 2 N–H and O–H groups in total. The number of carbonyl (C=O) groups is 2. The average Bonchev–Trinajstić information content (AvgIpc) is 3.65. The maximum Gasteiger partial charge on any atom is 0.511 e. The maximum atomic E-state index is 16.1. The van der Waals surface area contributed by atoms with Crippen LogP contribution in [0.25, 0.3) is 33.1 Å². The second kappa shape index (κ2) is 11.4. The van der Waals surface area contributed by atoms with E-state index in [1.165, 1.54) is 11.3 Å². The zero-order valence-corrected chi connectivity index (χ0v) is 23.4. The average molecular weight is 581 g/mol. The molecule has 0 unspecified atom stereocenters. The third kappa shape index (κ3) is 5.33. The molecule has 3 fully saturated rings. The molecule has 3 aliphatic rings. The van der Waals surface area contributed by atoms with Crippen LogP contribution in [0.3, 0.4) is 0 Å². The molecular weight excluding hydrogens is 551 g/mol. The standard InChI is InChI=1S/C28H29FN6O5S/c1-3-38-28(37)40-13-39-27(36)19-15-6-8-16(9-7-15)21(19)33-25-20(29)23(18-5-4-10-41-18)34-24(35-25)17-12-31-26-22(17)32-14(2)11-30-26/h4-5,10-12,15-16,19,21H,3,6-9,13H2,1-2H3,(H,30,31)(H,33,34,35)/t15?,16?,19-,21-/m0/s1. The smallest absolute Gasteiger partial charge is 0.435 e. The van der Waals surface area contributed by atoms with Gasteiger partial charge in [0.2, 0.25) is 6.79 Å². The number of hydrogen-bond donors (Lipinski definition) is 2. The largest absolute Gasteiger partial charge is 0.511 e. The van der Waals surface area contributed by atoms with E-state index in [1.807, 2.05) is 18.4 Å². The van der Waals surface area contributed by atoms with Gasteiger partial charge in [0.05, 0.1) is 34.9 Å². The van der Waals surface area contributed by atoms with E-state index < -0.39 is 36.7 Å². The molecule has 11 nitrogen and oxygen atoms in total. The Morgan fingerprint density at radius 1 is 1.12 bits per heavy atom. The van der Waals surface area contributed by atoms with Crippen molar-refractivity contribution in [3.63, 3.8) is 0 Å². The topological polar surface area (TPSA) is 141 Å². The van der Waals surface area contributed by atoms with Crippen molar-refractivity contribution in [3.05, 3.63) is 41.4 Å². The van der Waals surface area contributed by atoms with Crippen molar-refractivity contribution in [2.45, 2.75) is 45.6 Å². The second-order valence-corrected chi connectivity index (χ2v) is 11.2. The fourth-order valence-electron chi connectivity index (χ4n) is 5.94. The van der Waals surface area contributed by atoms with Crippen molar-refractivity contribution in [2.75, 3.05) is 18.7 Å². The Morgan fingerprint density at radius 2 is 1.93 bits per heavy atom. The zero-order chi connectivity index (χ0) is 28.5. The number of halogens is 1. The van der Waals surface area contributed by atoms with Crippen molar-refractivity contribution < 1.29 is 28.2 Å². The Labute approximate surface area is 238 Å². The molecular formula is C28H29FN6O5S. The molecule has 41 heavy (non-hydrogen) atoms. The lowest BCUT2D eigenvalue weighted by Gasteiger charge is -2.47. The van der Waals surface area contributed by atoms with Gasteiger partial charge >= 0.3 is 12.1 Å². The third-order valence-corrected chi connectivity index (χ3v) is 8.66. The van der Waals surface area contributed by atoms with E-state index in [0.29, 0.717) is 21.6 Å². The van der Waals surface area contributed by atoms with Crippen LogP contribution in [-0.4, -0.2) is 56.5 Å². The van der Waals surface area contributed by atoms with Crippen LogP contribution in [0.15, 0.2) is 29.9 Å². The van der Waals surface area contributed by atoms with Gasteiger partial charge in [0, 0.05) is 12.2 Å². The van der Waals surface area contributed by atoms with Crippen molar-refractivity contribution >= 4 is 40.4 Å². The lowest BCUT2D eigenvalue weighted by atomic mass is 9.61. The number of aromatic amines is 1. The summed E-state index contributed by atoms with van der Waals surface area (Å²) in [5, 5.41) is 5.15. The molecule has 0 spiro atoms. The number of rotatable bonds is 8. The summed E-state index contributed by atoms with van der Waals surface area (Å²) < 4.78 is 31.0. The number of aromatic nitrogens is 5. The molecule has 2 bridgehead atoms. The molecule has 3 saturated carbocycles. The first-order valence-corrected chi connectivity index (χ1v) is 14.5. The number of fused-ring (bicyclic) bond motifs is 4. The van der Waals surface area contributed by atoms with Crippen LogP contribution in [0.5, 0.6) is 0 Å². The third-order valence-electron chi connectivity index (χ3n) is 7.78. The van der Waals surface area contributed by atoms with Crippen LogP contribution in [-0.2, 0) is 19.0 Å². The van der Waals surface area contributed by atoms with Gasteiger partial charge in [-0.3, -0.25) is 4.79 Å². The van der Waals surface area contributed by atoms with Gasteiger partial charge < -0.3 is 24.5 Å². The number of anilines is 1. The van der Waals surface area contributed by atoms with Crippen molar-refractivity contribution in [2.24, 2.45) is 17.8 Å². The summed E-state index contributed by atoms with van der Waals surface area (Å²) in [6.45, 7) is 3.09. The summed E-state index contributed by atoms with van der Waals surface area (Å²) in [4.78, 5) is 46.7. The van der Waals surface area contributed by atoms with Gasteiger partial charge in [0.15, 0.2) is 23.1 Å². The summed E-state index contributed by atoms with van der Waals surface area (Å²) in [5.41, 5.74) is 2.63. The summed E-state index contributed by atoms with van der Waals surface area (Å²) in [6, 6.07) is 3.21. The summed E-state index contributed by atoms with van der Waals surface area (Å²) in [7, 11) is 0. The Kier molecular flexibility index (Phi) is 7.52. The predicted molar refractivity (Wildman–Crippen MR) is 148 cm³/mol. The van der Waals surface area contributed by atoms with Crippen LogP contribution in [0.1, 0.15) is 38.3 Å². The summed E-state index contributed by atoms with van der Waals surface area (Å²) in [6.07, 6.45) is 6.01. The van der Waals surface area contributed by atoms with Gasteiger partial charge in [-0.1, -0.05) is 6.07 Å². The molecule has 0 aliphatic heterocycles. The molecule has 4 aromatic rings. The normalized spacial score (nSPS) is 21.5. The number of carbonyl (C=O) groups excluding carboxylic acids is 2. The quantitative estimate of drug-likeness (QED) is 0.203. The molecule has 0 saturated heterocycles. The molecule has 0 radical (unpaired) electrons. The van der Waals surface area contributed by atoms with Gasteiger partial charge in [0.25, 0.3) is 0 Å². The Morgan fingerprint density at radius 3 is 2.68 bits per heavy atom. The highest BCUT2D eigenvalue weighted by Gasteiger charge is 2.48. The first kappa shape index (κ1) is 27.1. The minimum atomic E-state index is -0.908. The van der Waals surface area contributed by atoms with E-state index >= 15 is 4.39 Å². The van der Waals surface area contributed by atoms with E-state index in [2.05, 4.69) is 30.2 Å². The highest BCUT2D eigenvalue weighted by atomic mass is 32.1. The Bertz CT molecular complexity index is 1570. The molecule has 7 rings (SSSR count). The number of thiophene rings is 1. The lowest BCUT2D eigenvalue weighted by molar-refractivity contribution is -0.164. The van der Waals surface area contributed by atoms with Gasteiger partial charge in [-0.15, -0.1) is 11.3 Å². The van der Waals surface area contributed by atoms with Crippen LogP contribution in [0.4, 0.5) is 15.0 Å². The van der Waals surface area contributed by atoms with E-state index in [-0.39, 0.29) is 35.8 Å². The number of nitrogens with one attached hydrogen (secondary N) is 2. The van der Waals surface area contributed by atoms with Crippen LogP contribution < -0.4 is 5.32 Å². The molecule has 0 amide bonds. The first-order valence-electron chi connectivity index (χ1n) is 13.6. The SMILES string of the molecule is CCOC(=O)OCOC(=O)[C@H]1C2CCC(CC2)[C@@H]1Nc1nc(-c2c[nH]c3ncc(C)nc23)nc(-c2cccs2)c1F. The molecule has 214 valence electrons. The number of ether oxygens (including phenoxy) is 3. The molecule has 0 aromatic carbocycles. The zero-order valence-electron chi connectivity index (χ0n) is 22.6. The highest BCUT2D eigenvalue weighted by Crippen LogP contribution is 2.47. The van der Waals surface area contributed by atoms with E-state index in [0.717, 1.165) is 31.4 Å². The summed E-state index contributed by atoms with van der Waals surface area (Å²) >= 11 is 1.37. The van der Waals surface area contributed by atoms with Crippen molar-refractivity contribution in [3.8, 4) is 22.0 Å². The van der Waals surface area contributed by atoms with Crippen molar-refractivity contribution in [1.82, 2.24) is 24.9 Å². The molecule has 2 atom stereocenters. The predicted octanol–water partition coefficient (Wildman–Crippen LogP) is 5.48. The minimum absolute atomic E-state index is 0.00601. The molecule has 4 aromatic heterocycles. The molecule has 4 heterocycles.